The Labute approximate surface area is 180 Å². The van der Waals surface area contributed by atoms with Crippen LogP contribution in [0.5, 0.6) is 23.3 Å². The molecular formula is C23H19N3O4S. The quantitative estimate of drug-likeness (QED) is 0.432. The van der Waals surface area contributed by atoms with Crippen molar-refractivity contribution in [2.24, 2.45) is 0 Å². The van der Waals surface area contributed by atoms with E-state index in [2.05, 4.69) is 14.7 Å². The fourth-order valence-electron chi connectivity index (χ4n) is 2.70. The summed E-state index contributed by atoms with van der Waals surface area (Å²) < 4.78 is 39.7. The average Bonchev–Trinajstić information content (AvgIpc) is 2.79. The van der Waals surface area contributed by atoms with Gasteiger partial charge in [-0.15, -0.1) is 0 Å². The third-order valence-electron chi connectivity index (χ3n) is 4.25. The third-order valence-corrected chi connectivity index (χ3v) is 5.60. The Balaban J connectivity index is 1.73. The highest BCUT2D eigenvalue weighted by atomic mass is 32.2. The molecule has 0 aliphatic rings. The van der Waals surface area contributed by atoms with Gasteiger partial charge in [0.2, 0.25) is 17.7 Å². The molecule has 0 unspecified atom stereocenters. The predicted octanol–water partition coefficient (Wildman–Crippen LogP) is 5.17. The highest BCUT2D eigenvalue weighted by molar-refractivity contribution is 7.92. The van der Waals surface area contributed by atoms with Crippen LogP contribution in [0.15, 0.2) is 95.9 Å². The van der Waals surface area contributed by atoms with Gasteiger partial charge >= 0.3 is 0 Å². The van der Waals surface area contributed by atoms with E-state index in [1.807, 2.05) is 36.4 Å². The fraction of sp³-hybridized carbons (Fsp3) is 0.0435. The van der Waals surface area contributed by atoms with Crippen LogP contribution in [-0.4, -0.2) is 18.4 Å². The van der Waals surface area contributed by atoms with Crippen LogP contribution in [0.3, 0.4) is 0 Å². The summed E-state index contributed by atoms with van der Waals surface area (Å²) in [5, 5.41) is 0. The molecule has 0 spiro atoms. The number of nitrogens with one attached hydrogen (secondary N) is 1. The Morgan fingerprint density at radius 1 is 0.677 bits per heavy atom. The van der Waals surface area contributed by atoms with Crippen LogP contribution in [0.4, 0.5) is 5.95 Å². The van der Waals surface area contributed by atoms with E-state index in [0.717, 1.165) is 0 Å². The molecular weight excluding hydrogens is 414 g/mol. The topological polar surface area (TPSA) is 90.4 Å². The molecule has 4 rings (SSSR count). The van der Waals surface area contributed by atoms with Crippen molar-refractivity contribution in [3.63, 3.8) is 0 Å². The van der Waals surface area contributed by atoms with Gasteiger partial charge < -0.3 is 9.47 Å². The van der Waals surface area contributed by atoms with Crippen LogP contribution >= 0.6 is 0 Å². The molecule has 0 aliphatic heterocycles. The van der Waals surface area contributed by atoms with E-state index in [-0.39, 0.29) is 22.6 Å². The van der Waals surface area contributed by atoms with E-state index in [4.69, 9.17) is 9.47 Å². The summed E-state index contributed by atoms with van der Waals surface area (Å²) in [7, 11) is -3.89. The minimum atomic E-state index is -3.89. The normalized spacial score (nSPS) is 11.0. The van der Waals surface area contributed by atoms with E-state index in [1.165, 1.54) is 12.1 Å². The number of hydrogen-bond donors (Lipinski definition) is 1. The lowest BCUT2D eigenvalue weighted by atomic mass is 10.3. The van der Waals surface area contributed by atoms with Crippen LogP contribution < -0.4 is 14.2 Å². The summed E-state index contributed by atoms with van der Waals surface area (Å²) in [6.45, 7) is 1.74. The summed E-state index contributed by atoms with van der Waals surface area (Å²) in [4.78, 5) is 8.65. The molecule has 3 aromatic carbocycles. The zero-order valence-electron chi connectivity index (χ0n) is 16.6. The summed E-state index contributed by atoms with van der Waals surface area (Å²) >= 11 is 0. The Morgan fingerprint density at radius 2 is 1.10 bits per heavy atom. The van der Waals surface area contributed by atoms with Crippen molar-refractivity contribution in [2.45, 2.75) is 11.8 Å². The first-order chi connectivity index (χ1) is 15.0. The molecule has 0 aliphatic carbocycles. The second-order valence-electron chi connectivity index (χ2n) is 6.53. The second kappa shape index (κ2) is 8.85. The predicted molar refractivity (Wildman–Crippen MR) is 117 cm³/mol. The first-order valence-electron chi connectivity index (χ1n) is 9.43. The SMILES string of the molecule is Cc1c(Oc2ccccc2)nc(NS(=O)(=O)c2ccccc2)nc1Oc1ccccc1. The lowest BCUT2D eigenvalue weighted by Gasteiger charge is -2.14. The van der Waals surface area contributed by atoms with Crippen molar-refractivity contribution in [1.82, 2.24) is 9.97 Å². The highest BCUT2D eigenvalue weighted by Gasteiger charge is 2.20. The van der Waals surface area contributed by atoms with Crippen LogP contribution in [0.1, 0.15) is 5.56 Å². The average molecular weight is 433 g/mol. The molecule has 0 saturated heterocycles. The van der Waals surface area contributed by atoms with Gasteiger partial charge in [0.05, 0.1) is 10.5 Å². The van der Waals surface area contributed by atoms with Gasteiger partial charge in [0.15, 0.2) is 0 Å². The third kappa shape index (κ3) is 4.99. The molecule has 0 radical (unpaired) electrons. The van der Waals surface area contributed by atoms with E-state index in [1.54, 1.807) is 49.4 Å². The number of benzene rings is 3. The van der Waals surface area contributed by atoms with Crippen LogP contribution in [0, 0.1) is 6.92 Å². The lowest BCUT2D eigenvalue weighted by Crippen LogP contribution is -2.16. The van der Waals surface area contributed by atoms with Crippen molar-refractivity contribution in [3.05, 3.63) is 96.6 Å². The lowest BCUT2D eigenvalue weighted by molar-refractivity contribution is 0.428. The van der Waals surface area contributed by atoms with E-state index >= 15 is 0 Å². The molecule has 0 bridgehead atoms. The number of ether oxygens (including phenoxy) is 2. The van der Waals surface area contributed by atoms with Gasteiger partial charge in [-0.3, -0.25) is 0 Å². The van der Waals surface area contributed by atoms with Gasteiger partial charge in [0, 0.05) is 0 Å². The van der Waals surface area contributed by atoms with Crippen LogP contribution in [-0.2, 0) is 10.0 Å². The van der Waals surface area contributed by atoms with Crippen molar-refractivity contribution in [1.29, 1.82) is 0 Å². The van der Waals surface area contributed by atoms with Crippen LogP contribution in [0.25, 0.3) is 0 Å². The highest BCUT2D eigenvalue weighted by Crippen LogP contribution is 2.32. The molecule has 8 heteroatoms. The number of rotatable bonds is 7. The molecule has 31 heavy (non-hydrogen) atoms. The van der Waals surface area contributed by atoms with Gasteiger partial charge in [0.25, 0.3) is 10.0 Å². The Morgan fingerprint density at radius 3 is 1.55 bits per heavy atom. The molecule has 1 aromatic heterocycles. The molecule has 7 nitrogen and oxygen atoms in total. The minimum Gasteiger partial charge on any atom is -0.438 e. The second-order valence-corrected chi connectivity index (χ2v) is 8.21. The fourth-order valence-corrected chi connectivity index (χ4v) is 3.66. The zero-order valence-corrected chi connectivity index (χ0v) is 17.4. The summed E-state index contributed by atoms with van der Waals surface area (Å²) in [6.07, 6.45) is 0. The maximum Gasteiger partial charge on any atom is 0.264 e. The summed E-state index contributed by atoms with van der Waals surface area (Å²) in [6, 6.07) is 26.1. The number of nitrogens with zero attached hydrogens (tertiary/aromatic N) is 2. The van der Waals surface area contributed by atoms with Crippen molar-refractivity contribution < 1.29 is 17.9 Å². The molecule has 4 aromatic rings. The number of sulfonamides is 1. The van der Waals surface area contributed by atoms with Gasteiger partial charge in [-0.2, -0.15) is 9.97 Å². The maximum atomic E-state index is 12.8. The Bertz CT molecular complexity index is 1200. The number of anilines is 1. The molecule has 0 saturated carbocycles. The van der Waals surface area contributed by atoms with Crippen LogP contribution in [0.2, 0.25) is 0 Å². The first-order valence-corrected chi connectivity index (χ1v) is 10.9. The molecule has 156 valence electrons. The zero-order chi connectivity index (χ0) is 21.7. The molecule has 0 atom stereocenters. The monoisotopic (exact) mass is 433 g/mol. The summed E-state index contributed by atoms with van der Waals surface area (Å²) in [5.41, 5.74) is 0.523. The van der Waals surface area contributed by atoms with Gasteiger partial charge in [-0.05, 0) is 43.3 Å². The molecule has 1 N–H and O–H groups in total. The Kier molecular flexibility index (Phi) is 5.81. The minimum absolute atomic E-state index is 0.0928. The van der Waals surface area contributed by atoms with E-state index in [9.17, 15) is 8.42 Å². The smallest absolute Gasteiger partial charge is 0.264 e. The van der Waals surface area contributed by atoms with Crippen molar-refractivity contribution in [2.75, 3.05) is 4.72 Å². The molecule has 0 fully saturated rings. The van der Waals surface area contributed by atoms with Gasteiger partial charge in [0.1, 0.15) is 11.5 Å². The maximum absolute atomic E-state index is 12.8. The number of hydrogen-bond acceptors (Lipinski definition) is 6. The van der Waals surface area contributed by atoms with Crippen molar-refractivity contribution in [3.8, 4) is 23.3 Å². The summed E-state index contributed by atoms with van der Waals surface area (Å²) in [5.74, 6) is 1.29. The van der Waals surface area contributed by atoms with E-state index < -0.39 is 10.0 Å². The first kappa shape index (κ1) is 20.4. The van der Waals surface area contributed by atoms with Gasteiger partial charge in [-0.25, -0.2) is 13.1 Å². The Hall–Kier alpha value is -3.91. The van der Waals surface area contributed by atoms with E-state index in [0.29, 0.717) is 17.1 Å². The number of para-hydroxylation sites is 2. The molecule has 1 heterocycles. The standard InChI is InChI=1S/C23H19N3O4S/c1-17-21(29-18-11-5-2-6-12-18)24-23(25-22(17)30-19-13-7-3-8-14-19)26-31(27,28)20-15-9-4-10-16-20/h2-16H,1H3,(H,24,25,26). The molecule has 0 amide bonds. The van der Waals surface area contributed by atoms with Gasteiger partial charge in [-0.1, -0.05) is 54.6 Å². The number of aromatic nitrogens is 2. The van der Waals surface area contributed by atoms with Crippen molar-refractivity contribution >= 4 is 16.0 Å². The largest absolute Gasteiger partial charge is 0.438 e.